The molecule has 0 bridgehead atoms. The van der Waals surface area contributed by atoms with Crippen LogP contribution in [0.5, 0.6) is 0 Å². The van der Waals surface area contributed by atoms with Gasteiger partial charge >= 0.3 is 0 Å². The Kier molecular flexibility index (Phi) is 7.43. The molecule has 1 aromatic heterocycles. The van der Waals surface area contributed by atoms with Gasteiger partial charge in [-0.05, 0) is 50.7 Å². The van der Waals surface area contributed by atoms with E-state index in [4.69, 9.17) is 16.3 Å². The summed E-state index contributed by atoms with van der Waals surface area (Å²) in [5.74, 6) is -0.674. The lowest BCUT2D eigenvalue weighted by Gasteiger charge is -2.36. The summed E-state index contributed by atoms with van der Waals surface area (Å²) in [4.78, 5) is 14.9. The fraction of sp³-hybridized carbons (Fsp3) is 0.565. The average Bonchev–Trinajstić information content (AvgIpc) is 2.81. The second-order valence-corrected chi connectivity index (χ2v) is 9.04. The maximum Gasteiger partial charge on any atom is 0.287 e. The molecule has 3 heterocycles. The number of benzene rings is 1. The molecule has 2 aliphatic rings. The Labute approximate surface area is 191 Å². The van der Waals surface area contributed by atoms with Crippen molar-refractivity contribution in [2.45, 2.75) is 44.7 Å². The van der Waals surface area contributed by atoms with E-state index in [0.29, 0.717) is 50.7 Å². The van der Waals surface area contributed by atoms with Crippen LogP contribution < -0.4 is 10.9 Å². The van der Waals surface area contributed by atoms with Gasteiger partial charge in [0.1, 0.15) is 16.7 Å². The molecule has 4 rings (SSSR count). The van der Waals surface area contributed by atoms with Crippen molar-refractivity contribution in [2.24, 2.45) is 5.92 Å². The third-order valence-electron chi connectivity index (χ3n) is 6.59. The van der Waals surface area contributed by atoms with E-state index in [0.717, 1.165) is 19.4 Å². The molecule has 1 N–H and O–H groups in total. The number of rotatable bonds is 6. The smallest absolute Gasteiger partial charge is 0.287 e. The molecule has 0 saturated carbocycles. The maximum absolute atomic E-state index is 14.2. The number of likely N-dealkylation sites (tertiary alicyclic amines) is 1. The topological polar surface area (TPSA) is 59.4 Å². The van der Waals surface area contributed by atoms with Crippen molar-refractivity contribution in [3.8, 4) is 0 Å². The van der Waals surface area contributed by atoms with E-state index in [1.807, 2.05) is 4.90 Å². The first-order valence-electron chi connectivity index (χ1n) is 11.2. The van der Waals surface area contributed by atoms with Crippen LogP contribution in [0.3, 0.4) is 0 Å². The Bertz CT molecular complexity index is 968. The van der Waals surface area contributed by atoms with E-state index in [-0.39, 0.29) is 28.2 Å². The van der Waals surface area contributed by atoms with Gasteiger partial charge in [0, 0.05) is 37.8 Å². The molecule has 2 aliphatic heterocycles. The van der Waals surface area contributed by atoms with Crippen molar-refractivity contribution in [1.82, 2.24) is 14.7 Å². The summed E-state index contributed by atoms with van der Waals surface area (Å²) in [7, 11) is 0. The zero-order valence-corrected chi connectivity index (χ0v) is 19.0. The van der Waals surface area contributed by atoms with E-state index in [2.05, 4.69) is 10.4 Å². The number of piperidine rings is 1. The van der Waals surface area contributed by atoms with Crippen molar-refractivity contribution in [2.75, 3.05) is 38.2 Å². The predicted octanol–water partition coefficient (Wildman–Crippen LogP) is 4.41. The summed E-state index contributed by atoms with van der Waals surface area (Å²) in [6.45, 7) is 5.22. The molecule has 0 amide bonds. The third-order valence-corrected chi connectivity index (χ3v) is 6.95. The van der Waals surface area contributed by atoms with Crippen LogP contribution >= 0.6 is 11.6 Å². The fourth-order valence-electron chi connectivity index (χ4n) is 4.66. The van der Waals surface area contributed by atoms with Crippen LogP contribution in [0.4, 0.5) is 14.5 Å². The molecular weight excluding hydrogens is 438 g/mol. The lowest BCUT2D eigenvalue weighted by molar-refractivity contribution is 0.0595. The van der Waals surface area contributed by atoms with Gasteiger partial charge in [-0.15, -0.1) is 0 Å². The summed E-state index contributed by atoms with van der Waals surface area (Å²) < 4.78 is 35.3. The van der Waals surface area contributed by atoms with Crippen molar-refractivity contribution in [3.63, 3.8) is 0 Å². The number of anilines is 1. The van der Waals surface area contributed by atoms with E-state index >= 15 is 0 Å². The number of nitrogens with one attached hydrogen (secondary N) is 1. The number of nitrogens with zero attached hydrogens (tertiary/aromatic N) is 3. The molecule has 0 aliphatic carbocycles. The predicted molar refractivity (Wildman–Crippen MR) is 120 cm³/mol. The van der Waals surface area contributed by atoms with Crippen LogP contribution in [-0.2, 0) is 4.74 Å². The summed E-state index contributed by atoms with van der Waals surface area (Å²) in [6, 6.07) is 3.44. The monoisotopic (exact) mass is 466 g/mol. The first-order valence-corrected chi connectivity index (χ1v) is 11.6. The highest BCUT2D eigenvalue weighted by molar-refractivity contribution is 6.32. The van der Waals surface area contributed by atoms with Crippen molar-refractivity contribution in [3.05, 3.63) is 57.0 Å². The van der Waals surface area contributed by atoms with E-state index in [1.54, 1.807) is 13.1 Å². The Morgan fingerprint density at radius 3 is 2.62 bits per heavy atom. The minimum atomic E-state index is -0.535. The Hall–Kier alpha value is -2.03. The van der Waals surface area contributed by atoms with Gasteiger partial charge in [-0.3, -0.25) is 9.69 Å². The van der Waals surface area contributed by atoms with Gasteiger partial charge in [0.25, 0.3) is 5.56 Å². The molecule has 9 heteroatoms. The lowest BCUT2D eigenvalue weighted by atomic mass is 9.99. The Morgan fingerprint density at radius 2 is 1.97 bits per heavy atom. The van der Waals surface area contributed by atoms with Gasteiger partial charge in [0.05, 0.1) is 24.5 Å². The molecule has 1 unspecified atom stereocenters. The average molecular weight is 467 g/mol. The standard InChI is InChI=1S/C23H29ClF2N4O2/c1-15(21-18(25)5-2-6-19(21)26)29-9-7-17(8-10-29)30-23(31)22(24)20(13-28-30)27-12-16-4-3-11-32-14-16/h2,5-6,13,15-17,27H,3-4,7-12,14H2,1H3/t15-,16?/m0/s1. The van der Waals surface area contributed by atoms with Gasteiger partial charge in [0.2, 0.25) is 0 Å². The molecule has 2 fully saturated rings. The molecule has 2 aromatic rings. The lowest BCUT2D eigenvalue weighted by Crippen LogP contribution is -2.40. The molecule has 1 aromatic carbocycles. The van der Waals surface area contributed by atoms with E-state index < -0.39 is 11.6 Å². The van der Waals surface area contributed by atoms with E-state index in [1.165, 1.54) is 22.9 Å². The van der Waals surface area contributed by atoms with Crippen LogP contribution in [0.15, 0.2) is 29.2 Å². The number of ether oxygens (including phenoxy) is 1. The number of hydrogen-bond donors (Lipinski definition) is 1. The zero-order chi connectivity index (χ0) is 22.7. The van der Waals surface area contributed by atoms with Crippen molar-refractivity contribution < 1.29 is 13.5 Å². The minimum absolute atomic E-state index is 0.0862. The van der Waals surface area contributed by atoms with E-state index in [9.17, 15) is 13.6 Å². The summed E-state index contributed by atoms with van der Waals surface area (Å²) >= 11 is 6.37. The number of hydrogen-bond acceptors (Lipinski definition) is 5. The highest BCUT2D eigenvalue weighted by atomic mass is 35.5. The summed E-state index contributed by atoms with van der Waals surface area (Å²) in [5, 5.41) is 7.75. The molecule has 2 saturated heterocycles. The third kappa shape index (κ3) is 4.97. The Balaban J connectivity index is 1.39. The van der Waals surface area contributed by atoms with Gasteiger partial charge in [0.15, 0.2) is 0 Å². The fourth-order valence-corrected chi connectivity index (χ4v) is 4.86. The molecule has 6 nitrogen and oxygen atoms in total. The highest BCUT2D eigenvalue weighted by Gasteiger charge is 2.29. The van der Waals surface area contributed by atoms with Gasteiger partial charge < -0.3 is 10.1 Å². The van der Waals surface area contributed by atoms with Crippen LogP contribution in [0.1, 0.15) is 50.3 Å². The van der Waals surface area contributed by atoms with Crippen LogP contribution in [0.2, 0.25) is 5.02 Å². The van der Waals surface area contributed by atoms with Crippen LogP contribution in [0, 0.1) is 17.6 Å². The van der Waals surface area contributed by atoms with Gasteiger partial charge in [-0.1, -0.05) is 17.7 Å². The van der Waals surface area contributed by atoms with Gasteiger partial charge in [-0.2, -0.15) is 5.10 Å². The van der Waals surface area contributed by atoms with Crippen LogP contribution in [-0.4, -0.2) is 47.5 Å². The molecule has 174 valence electrons. The van der Waals surface area contributed by atoms with Gasteiger partial charge in [-0.25, -0.2) is 13.5 Å². The molecule has 2 atom stereocenters. The second-order valence-electron chi connectivity index (χ2n) is 8.66. The first-order chi connectivity index (χ1) is 15.5. The quantitative estimate of drug-likeness (QED) is 0.683. The maximum atomic E-state index is 14.2. The Morgan fingerprint density at radius 1 is 1.25 bits per heavy atom. The summed E-state index contributed by atoms with van der Waals surface area (Å²) in [6.07, 6.45) is 5.03. The van der Waals surface area contributed by atoms with Crippen molar-refractivity contribution in [1.29, 1.82) is 0 Å². The number of halogens is 3. The van der Waals surface area contributed by atoms with Crippen LogP contribution in [0.25, 0.3) is 0 Å². The molecular formula is C23H29ClF2N4O2. The second kappa shape index (κ2) is 10.3. The zero-order valence-electron chi connectivity index (χ0n) is 18.2. The molecule has 0 spiro atoms. The molecule has 0 radical (unpaired) electrons. The number of aromatic nitrogens is 2. The summed E-state index contributed by atoms with van der Waals surface area (Å²) in [5.41, 5.74) is 0.311. The highest BCUT2D eigenvalue weighted by Crippen LogP contribution is 2.31. The SMILES string of the molecule is C[C@@H](c1c(F)cccc1F)N1CCC(n2ncc(NCC3CCCOC3)c(Cl)c2=O)CC1. The molecule has 32 heavy (non-hydrogen) atoms. The largest absolute Gasteiger partial charge is 0.382 e. The van der Waals surface area contributed by atoms with Crippen molar-refractivity contribution >= 4 is 17.3 Å². The normalized spacial score (nSPS) is 21.4. The first kappa shape index (κ1) is 23.1. The minimum Gasteiger partial charge on any atom is -0.382 e.